The Labute approximate surface area is 139 Å². The van der Waals surface area contributed by atoms with Crippen LogP contribution >= 0.6 is 15.9 Å². The van der Waals surface area contributed by atoms with E-state index in [0.717, 1.165) is 10.0 Å². The molecule has 1 aromatic carbocycles. The van der Waals surface area contributed by atoms with Gasteiger partial charge in [-0.3, -0.25) is 9.78 Å². The molecule has 22 heavy (non-hydrogen) atoms. The zero-order valence-electron chi connectivity index (χ0n) is 12.6. The van der Waals surface area contributed by atoms with Crippen LogP contribution in [0.15, 0.2) is 53.3 Å². The van der Waals surface area contributed by atoms with Gasteiger partial charge in [-0.25, -0.2) is 0 Å². The number of ether oxygens (including phenoxy) is 1. The monoisotopic (exact) mass is 362 g/mol. The van der Waals surface area contributed by atoms with Crippen LogP contribution in [0.5, 0.6) is 5.75 Å². The number of hydrogen-bond acceptors (Lipinski definition) is 3. The maximum absolute atomic E-state index is 12.4. The van der Waals surface area contributed by atoms with Gasteiger partial charge in [-0.1, -0.05) is 29.8 Å². The summed E-state index contributed by atoms with van der Waals surface area (Å²) < 4.78 is 6.81. The zero-order valence-corrected chi connectivity index (χ0v) is 14.2. The number of benzene rings is 1. The molecule has 1 amide bonds. The van der Waals surface area contributed by atoms with Gasteiger partial charge in [0, 0.05) is 23.4 Å². The summed E-state index contributed by atoms with van der Waals surface area (Å²) in [4.78, 5) is 16.3. The molecular formula is C17H19BrN2O2. The van der Waals surface area contributed by atoms with Crippen LogP contribution in [0.1, 0.15) is 19.4 Å². The number of halogens is 1. The lowest BCUT2D eigenvalue weighted by Crippen LogP contribution is -2.41. The molecule has 0 saturated heterocycles. The average Bonchev–Trinajstić information content (AvgIpc) is 2.52. The highest BCUT2D eigenvalue weighted by atomic mass is 79.9. The van der Waals surface area contributed by atoms with Gasteiger partial charge < -0.3 is 10.1 Å². The molecule has 0 saturated carbocycles. The van der Waals surface area contributed by atoms with Crippen LogP contribution in [0.25, 0.3) is 0 Å². The number of hydrogen-bond donors (Lipinski definition) is 1. The first kappa shape index (κ1) is 16.5. The van der Waals surface area contributed by atoms with E-state index in [1.807, 2.05) is 50.2 Å². The molecule has 0 spiro atoms. The fraction of sp³-hybridized carbons (Fsp3) is 0.294. The highest BCUT2D eigenvalue weighted by molar-refractivity contribution is 9.10. The molecule has 2 aromatic rings. The van der Waals surface area contributed by atoms with Crippen molar-refractivity contribution >= 4 is 21.8 Å². The molecule has 1 unspecified atom stereocenters. The summed E-state index contributed by atoms with van der Waals surface area (Å²) >= 11 is 3.38. The number of amides is 1. The maximum atomic E-state index is 12.4. The van der Waals surface area contributed by atoms with Crippen molar-refractivity contribution in [3.8, 4) is 5.75 Å². The second kappa shape index (κ2) is 7.94. The quantitative estimate of drug-likeness (QED) is 0.854. The minimum Gasteiger partial charge on any atom is -0.480 e. The summed E-state index contributed by atoms with van der Waals surface area (Å²) in [6.45, 7) is 4.40. The first-order valence-corrected chi connectivity index (χ1v) is 7.94. The number of carbonyl (C=O) groups is 1. The van der Waals surface area contributed by atoms with Crippen molar-refractivity contribution in [1.29, 1.82) is 0 Å². The minimum atomic E-state index is -0.525. The van der Waals surface area contributed by atoms with Crippen molar-refractivity contribution in [1.82, 2.24) is 10.3 Å². The third-order valence-electron chi connectivity index (χ3n) is 3.16. The second-order valence-corrected chi connectivity index (χ2v) is 6.23. The van der Waals surface area contributed by atoms with Gasteiger partial charge in [0.05, 0.1) is 0 Å². The average molecular weight is 363 g/mol. The largest absolute Gasteiger partial charge is 0.480 e. The Morgan fingerprint density at radius 2 is 1.82 bits per heavy atom. The molecule has 1 atom stereocenters. The SMILES string of the molecule is CC(C)C(Oc1ccc(Br)cc1)C(=O)NCc1ccncc1. The molecule has 1 aromatic heterocycles. The number of aromatic nitrogens is 1. The van der Waals surface area contributed by atoms with Gasteiger partial charge in [0.25, 0.3) is 5.91 Å². The highest BCUT2D eigenvalue weighted by Gasteiger charge is 2.24. The van der Waals surface area contributed by atoms with E-state index in [1.165, 1.54) is 0 Å². The second-order valence-electron chi connectivity index (χ2n) is 5.31. The summed E-state index contributed by atoms with van der Waals surface area (Å²) in [6, 6.07) is 11.2. The van der Waals surface area contributed by atoms with Crippen molar-refractivity contribution < 1.29 is 9.53 Å². The van der Waals surface area contributed by atoms with Crippen LogP contribution in [0.3, 0.4) is 0 Å². The lowest BCUT2D eigenvalue weighted by atomic mass is 10.1. The molecular weight excluding hydrogens is 344 g/mol. The lowest BCUT2D eigenvalue weighted by molar-refractivity contribution is -0.130. The summed E-state index contributed by atoms with van der Waals surface area (Å²) in [5.74, 6) is 0.636. The van der Waals surface area contributed by atoms with Crippen LogP contribution in [0.4, 0.5) is 0 Å². The maximum Gasteiger partial charge on any atom is 0.261 e. The smallest absolute Gasteiger partial charge is 0.261 e. The van der Waals surface area contributed by atoms with Gasteiger partial charge in [0.2, 0.25) is 0 Å². The van der Waals surface area contributed by atoms with Crippen LogP contribution in [0, 0.1) is 5.92 Å². The van der Waals surface area contributed by atoms with Crippen molar-refractivity contribution in [3.63, 3.8) is 0 Å². The molecule has 0 aliphatic carbocycles. The molecule has 0 aliphatic rings. The van der Waals surface area contributed by atoms with E-state index in [4.69, 9.17) is 4.74 Å². The Bertz CT molecular complexity index is 600. The predicted octanol–water partition coefficient (Wildman–Crippen LogP) is 3.56. The zero-order chi connectivity index (χ0) is 15.9. The Kier molecular flexibility index (Phi) is 5.95. The third kappa shape index (κ3) is 4.84. The fourth-order valence-electron chi connectivity index (χ4n) is 1.94. The molecule has 1 N–H and O–H groups in total. The van der Waals surface area contributed by atoms with E-state index in [9.17, 15) is 4.79 Å². The Morgan fingerprint density at radius 3 is 2.41 bits per heavy atom. The van der Waals surface area contributed by atoms with Crippen molar-refractivity contribution in [2.75, 3.05) is 0 Å². The van der Waals surface area contributed by atoms with Crippen molar-refractivity contribution in [2.24, 2.45) is 5.92 Å². The lowest BCUT2D eigenvalue weighted by Gasteiger charge is -2.22. The van der Waals surface area contributed by atoms with Crippen LogP contribution in [-0.4, -0.2) is 17.0 Å². The summed E-state index contributed by atoms with van der Waals surface area (Å²) in [6.07, 6.45) is 2.89. The molecule has 2 rings (SSSR count). The minimum absolute atomic E-state index is 0.0705. The topological polar surface area (TPSA) is 51.2 Å². The van der Waals surface area contributed by atoms with Gasteiger partial charge in [-0.15, -0.1) is 0 Å². The standard InChI is InChI=1S/C17H19BrN2O2/c1-12(2)16(22-15-5-3-14(18)4-6-15)17(21)20-11-13-7-9-19-10-8-13/h3-10,12,16H,11H2,1-2H3,(H,20,21). The molecule has 116 valence electrons. The van der Waals surface area contributed by atoms with Crippen LogP contribution in [-0.2, 0) is 11.3 Å². The number of nitrogens with one attached hydrogen (secondary N) is 1. The Balaban J connectivity index is 1.97. The Morgan fingerprint density at radius 1 is 1.18 bits per heavy atom. The third-order valence-corrected chi connectivity index (χ3v) is 3.69. The molecule has 0 radical (unpaired) electrons. The van der Waals surface area contributed by atoms with Crippen molar-refractivity contribution in [3.05, 3.63) is 58.8 Å². The van der Waals surface area contributed by atoms with Gasteiger partial charge >= 0.3 is 0 Å². The van der Waals surface area contributed by atoms with E-state index < -0.39 is 6.10 Å². The Hall–Kier alpha value is -1.88. The first-order chi connectivity index (χ1) is 10.6. The molecule has 4 nitrogen and oxygen atoms in total. The molecule has 1 heterocycles. The first-order valence-electron chi connectivity index (χ1n) is 7.15. The number of carbonyl (C=O) groups excluding carboxylic acids is 1. The van der Waals surface area contributed by atoms with Gasteiger partial charge in [0.1, 0.15) is 5.75 Å². The molecule has 5 heteroatoms. The van der Waals surface area contributed by atoms with Gasteiger partial charge in [-0.05, 0) is 47.9 Å². The predicted molar refractivity (Wildman–Crippen MR) is 89.5 cm³/mol. The number of rotatable bonds is 6. The summed E-state index contributed by atoms with van der Waals surface area (Å²) in [7, 11) is 0. The molecule has 0 fully saturated rings. The summed E-state index contributed by atoms with van der Waals surface area (Å²) in [5, 5.41) is 2.91. The van der Waals surface area contributed by atoms with Gasteiger partial charge in [-0.2, -0.15) is 0 Å². The highest BCUT2D eigenvalue weighted by Crippen LogP contribution is 2.19. The molecule has 0 aliphatic heterocycles. The van der Waals surface area contributed by atoms with E-state index in [1.54, 1.807) is 12.4 Å². The summed E-state index contributed by atoms with van der Waals surface area (Å²) in [5.41, 5.74) is 1.01. The molecule has 0 bridgehead atoms. The van der Waals surface area contributed by atoms with Crippen LogP contribution in [0.2, 0.25) is 0 Å². The van der Waals surface area contributed by atoms with Gasteiger partial charge in [0.15, 0.2) is 6.10 Å². The van der Waals surface area contributed by atoms with E-state index >= 15 is 0 Å². The van der Waals surface area contributed by atoms with E-state index in [-0.39, 0.29) is 11.8 Å². The normalized spacial score (nSPS) is 12.0. The number of nitrogens with zero attached hydrogens (tertiary/aromatic N) is 1. The van der Waals surface area contributed by atoms with E-state index in [0.29, 0.717) is 12.3 Å². The van der Waals surface area contributed by atoms with Crippen molar-refractivity contribution in [2.45, 2.75) is 26.5 Å². The van der Waals surface area contributed by atoms with Crippen LogP contribution < -0.4 is 10.1 Å². The fourth-order valence-corrected chi connectivity index (χ4v) is 2.21. The van der Waals surface area contributed by atoms with E-state index in [2.05, 4.69) is 26.2 Å². The number of pyridine rings is 1.